The molecule has 0 radical (unpaired) electrons. The summed E-state index contributed by atoms with van der Waals surface area (Å²) in [6.45, 7) is 4.50. The lowest BCUT2D eigenvalue weighted by atomic mass is 10.2. The van der Waals surface area contributed by atoms with Gasteiger partial charge in [0.2, 0.25) is 0 Å². The number of rotatable bonds is 12. The van der Waals surface area contributed by atoms with Crippen molar-refractivity contribution in [1.29, 1.82) is 0 Å². The Labute approximate surface area is 279 Å². The fourth-order valence-electron chi connectivity index (χ4n) is 4.84. The van der Waals surface area contributed by atoms with Gasteiger partial charge < -0.3 is 9.47 Å². The Morgan fingerprint density at radius 1 is 0.766 bits per heavy atom. The van der Waals surface area contributed by atoms with Crippen LogP contribution in [0.2, 0.25) is 0 Å². The molecule has 0 unspecified atom stereocenters. The van der Waals surface area contributed by atoms with Crippen molar-refractivity contribution >= 4 is 53.0 Å². The van der Waals surface area contributed by atoms with Crippen molar-refractivity contribution in [2.45, 2.75) is 33.4 Å². The van der Waals surface area contributed by atoms with E-state index in [-0.39, 0.29) is 17.6 Å². The third-order valence-electron chi connectivity index (χ3n) is 7.19. The minimum absolute atomic E-state index is 0.0617. The van der Waals surface area contributed by atoms with Crippen molar-refractivity contribution in [2.24, 2.45) is 0 Å². The summed E-state index contributed by atoms with van der Waals surface area (Å²) >= 11 is 1.33. The van der Waals surface area contributed by atoms with Crippen molar-refractivity contribution in [3.63, 3.8) is 0 Å². The highest BCUT2D eigenvalue weighted by atomic mass is 32.3. The van der Waals surface area contributed by atoms with Gasteiger partial charge in [0.1, 0.15) is 5.75 Å². The van der Waals surface area contributed by atoms with Crippen LogP contribution in [-0.4, -0.2) is 32.7 Å². The summed E-state index contributed by atoms with van der Waals surface area (Å²) in [4.78, 5) is 20.0. The summed E-state index contributed by atoms with van der Waals surface area (Å²) in [5, 5.41) is 3.33. The summed E-state index contributed by atoms with van der Waals surface area (Å²) in [7, 11) is -7.06. The normalized spacial score (nSPS) is 12.1. The largest absolute Gasteiger partial charge is 0.468 e. The van der Waals surface area contributed by atoms with Crippen LogP contribution in [0, 0.1) is 6.92 Å². The first-order valence-electron chi connectivity index (χ1n) is 14.8. The molecule has 0 aliphatic rings. The van der Waals surface area contributed by atoms with Gasteiger partial charge in [0, 0.05) is 26.9 Å². The van der Waals surface area contributed by atoms with Gasteiger partial charge in [0.15, 0.2) is 11.9 Å². The van der Waals surface area contributed by atoms with Crippen LogP contribution >= 0.6 is 21.6 Å². The van der Waals surface area contributed by atoms with Gasteiger partial charge in [-0.1, -0.05) is 65.4 Å². The SMILES string of the molecule is CCOCOc1ccc2nc(NC(=O)c3ccc(S(OS(=O)(=O)c4ccc(C)cc4)(c4ccccc4)c4ccccc4)cc3)sc2c1. The van der Waals surface area contributed by atoms with E-state index in [0.29, 0.717) is 37.7 Å². The molecule has 1 amide bonds. The van der Waals surface area contributed by atoms with E-state index in [2.05, 4.69) is 10.3 Å². The number of anilines is 1. The van der Waals surface area contributed by atoms with Gasteiger partial charge in [-0.25, -0.2) is 8.61 Å². The molecule has 47 heavy (non-hydrogen) atoms. The van der Waals surface area contributed by atoms with E-state index < -0.39 is 20.4 Å². The van der Waals surface area contributed by atoms with E-state index in [0.717, 1.165) is 15.8 Å². The van der Waals surface area contributed by atoms with Gasteiger partial charge in [0.25, 0.3) is 5.91 Å². The summed E-state index contributed by atoms with van der Waals surface area (Å²) < 4.78 is 46.0. The molecule has 0 atom stereocenters. The molecule has 0 aliphatic heterocycles. The Kier molecular flexibility index (Phi) is 9.71. The van der Waals surface area contributed by atoms with Gasteiger partial charge in [-0.15, -0.1) is 0 Å². The van der Waals surface area contributed by atoms with E-state index in [1.165, 1.54) is 11.3 Å². The standard InChI is InChI=1S/C36H32N2O6S3/c1-3-42-25-43-28-18-23-33-34(24-28)45-36(37-33)38-35(39)27-16-21-31(22-17-27)46(29-10-6-4-7-11-29,30-12-8-5-9-13-30)44-47(40,41)32-19-14-26(2)15-20-32/h4-24H,3,25H2,1-2H3,(H,37,38,39). The molecule has 8 nitrogen and oxygen atoms in total. The highest BCUT2D eigenvalue weighted by Gasteiger charge is 2.38. The van der Waals surface area contributed by atoms with Crippen molar-refractivity contribution in [1.82, 2.24) is 4.98 Å². The molecule has 1 N–H and O–H groups in total. The number of nitrogens with zero attached hydrogens (tertiary/aromatic N) is 1. The number of amides is 1. The number of aromatic nitrogens is 1. The highest BCUT2D eigenvalue weighted by molar-refractivity contribution is 8.33. The number of hydrogen-bond donors (Lipinski definition) is 1. The van der Waals surface area contributed by atoms with Crippen molar-refractivity contribution in [2.75, 3.05) is 18.7 Å². The molecule has 5 aromatic carbocycles. The fraction of sp³-hybridized carbons (Fsp3) is 0.111. The van der Waals surface area contributed by atoms with Crippen molar-refractivity contribution < 1.29 is 26.3 Å². The summed E-state index contributed by atoms with van der Waals surface area (Å²) in [5.74, 6) is 0.300. The van der Waals surface area contributed by atoms with Gasteiger partial charge in [0.05, 0.1) is 15.1 Å². The quantitative estimate of drug-likeness (QED) is 0.101. The molecule has 240 valence electrons. The number of hydrogen-bond acceptors (Lipinski definition) is 8. The molecule has 11 heteroatoms. The zero-order valence-electron chi connectivity index (χ0n) is 25.7. The van der Waals surface area contributed by atoms with Gasteiger partial charge >= 0.3 is 10.1 Å². The Hall–Kier alpha value is -4.52. The number of benzene rings is 5. The lowest BCUT2D eigenvalue weighted by Gasteiger charge is -2.39. The molecule has 6 aromatic rings. The lowest BCUT2D eigenvalue weighted by Crippen LogP contribution is -2.15. The second-order valence-electron chi connectivity index (χ2n) is 10.4. The molecule has 0 saturated heterocycles. The minimum Gasteiger partial charge on any atom is -0.468 e. The molecule has 0 aliphatic carbocycles. The predicted octanol–water partition coefficient (Wildman–Crippen LogP) is 8.83. The maximum Gasteiger partial charge on any atom is 0.307 e. The first kappa shape index (κ1) is 32.4. The maximum absolute atomic E-state index is 13.9. The first-order chi connectivity index (χ1) is 22.8. The number of fused-ring (bicyclic) bond motifs is 1. The number of aryl methyl sites for hydroxylation is 1. The summed E-state index contributed by atoms with van der Waals surface area (Å²) in [6, 6.07) is 37.6. The van der Waals surface area contributed by atoms with E-state index in [1.807, 2.05) is 86.6 Å². The predicted molar refractivity (Wildman–Crippen MR) is 186 cm³/mol. The molecular formula is C36H32N2O6S3. The minimum atomic E-state index is -4.23. The van der Waals surface area contributed by atoms with Gasteiger partial charge in [-0.05, 0) is 103 Å². The molecule has 1 heterocycles. The molecule has 0 spiro atoms. The second-order valence-corrected chi connectivity index (χ2v) is 15.9. The molecule has 0 bridgehead atoms. The zero-order chi connectivity index (χ0) is 32.9. The molecule has 0 saturated carbocycles. The average Bonchev–Trinajstić information content (AvgIpc) is 3.50. The number of carbonyl (C=O) groups excluding carboxylic acids is 1. The molecule has 6 rings (SSSR count). The van der Waals surface area contributed by atoms with Crippen LogP contribution < -0.4 is 10.1 Å². The average molecular weight is 685 g/mol. The van der Waals surface area contributed by atoms with Crippen LogP contribution in [0.15, 0.2) is 147 Å². The van der Waals surface area contributed by atoms with Gasteiger partial charge in [-0.3, -0.25) is 10.1 Å². The fourth-order valence-corrected chi connectivity index (χ4v) is 10.9. The number of nitrogens with one attached hydrogen (secondary N) is 1. The van der Waals surface area contributed by atoms with Crippen molar-refractivity contribution in [3.8, 4) is 5.75 Å². The third-order valence-corrected chi connectivity index (χ3v) is 13.3. The molecule has 0 fully saturated rings. The first-order valence-corrected chi connectivity index (χ1v) is 18.6. The van der Waals surface area contributed by atoms with Crippen LogP contribution in [0.25, 0.3) is 10.2 Å². The second kappa shape index (κ2) is 14.1. The van der Waals surface area contributed by atoms with Crippen LogP contribution in [0.3, 0.4) is 0 Å². The third kappa shape index (κ3) is 7.09. The Morgan fingerprint density at radius 3 is 1.98 bits per heavy atom. The maximum atomic E-state index is 13.9. The topological polar surface area (TPSA) is 104 Å². The van der Waals surface area contributed by atoms with E-state index in [9.17, 15) is 13.2 Å². The number of ether oxygens (including phenoxy) is 2. The summed E-state index contributed by atoms with van der Waals surface area (Å²) in [5.41, 5.74) is 2.05. The van der Waals surface area contributed by atoms with E-state index >= 15 is 0 Å². The van der Waals surface area contributed by atoms with Crippen molar-refractivity contribution in [3.05, 3.63) is 139 Å². The molecular weight excluding hydrogens is 653 g/mol. The molecule has 1 aromatic heterocycles. The number of carbonyl (C=O) groups is 1. The van der Waals surface area contributed by atoms with Gasteiger partial charge in [-0.2, -0.15) is 8.42 Å². The Morgan fingerprint density at radius 2 is 1.36 bits per heavy atom. The monoisotopic (exact) mass is 684 g/mol. The van der Waals surface area contributed by atoms with Crippen LogP contribution in [0.5, 0.6) is 5.75 Å². The number of thiazole rings is 1. The Bertz CT molecular complexity index is 2050. The van der Waals surface area contributed by atoms with Crippen LogP contribution in [0.4, 0.5) is 5.13 Å². The zero-order valence-corrected chi connectivity index (χ0v) is 28.1. The lowest BCUT2D eigenvalue weighted by molar-refractivity contribution is 0.0225. The van der Waals surface area contributed by atoms with E-state index in [4.69, 9.17) is 13.1 Å². The van der Waals surface area contributed by atoms with Crippen LogP contribution in [-0.2, 0) is 18.5 Å². The van der Waals surface area contributed by atoms with Crippen LogP contribution in [0.1, 0.15) is 22.8 Å². The summed E-state index contributed by atoms with van der Waals surface area (Å²) in [6.07, 6.45) is 0. The Balaban J connectivity index is 1.34. The highest BCUT2D eigenvalue weighted by Crippen LogP contribution is 2.70. The smallest absolute Gasteiger partial charge is 0.307 e. The van der Waals surface area contributed by atoms with E-state index in [1.54, 1.807) is 54.6 Å².